The van der Waals surface area contributed by atoms with Crippen LogP contribution in [0.25, 0.3) is 10.2 Å². The van der Waals surface area contributed by atoms with Crippen molar-refractivity contribution in [1.82, 2.24) is 4.98 Å². The van der Waals surface area contributed by atoms with Gasteiger partial charge in [0.2, 0.25) is 0 Å². The van der Waals surface area contributed by atoms with Crippen molar-refractivity contribution in [3.05, 3.63) is 53.5 Å². The van der Waals surface area contributed by atoms with Gasteiger partial charge in [-0.15, -0.1) is 11.3 Å². The first-order valence-electron chi connectivity index (χ1n) is 7.12. The molecule has 0 unspecified atom stereocenters. The average molecular weight is 297 g/mol. The molecule has 3 rings (SSSR count). The fourth-order valence-corrected chi connectivity index (χ4v) is 3.25. The number of nitrogens with two attached hydrogens (primary N) is 1. The number of aromatic nitrogens is 1. The third-order valence-corrected chi connectivity index (χ3v) is 4.53. The summed E-state index contributed by atoms with van der Waals surface area (Å²) >= 11 is 1.63. The molecule has 0 saturated carbocycles. The number of rotatable bonds is 5. The van der Waals surface area contributed by atoms with Gasteiger partial charge in [-0.05, 0) is 30.5 Å². The van der Waals surface area contributed by atoms with Gasteiger partial charge in [0.1, 0.15) is 5.52 Å². The Bertz CT molecular complexity index is 721. The topological polar surface area (TPSA) is 42.2 Å². The van der Waals surface area contributed by atoms with Crippen LogP contribution in [-0.4, -0.2) is 18.6 Å². The van der Waals surface area contributed by atoms with E-state index in [2.05, 4.69) is 59.4 Å². The van der Waals surface area contributed by atoms with Crippen LogP contribution in [-0.2, 0) is 6.42 Å². The van der Waals surface area contributed by atoms with E-state index in [0.29, 0.717) is 0 Å². The van der Waals surface area contributed by atoms with Crippen LogP contribution in [0.2, 0.25) is 0 Å². The molecule has 1 heterocycles. The second-order valence-corrected chi connectivity index (χ2v) is 6.09. The predicted octanol–water partition coefficient (Wildman–Crippen LogP) is 3.95. The minimum atomic E-state index is 0.788. The van der Waals surface area contributed by atoms with Crippen molar-refractivity contribution in [2.45, 2.75) is 12.8 Å². The van der Waals surface area contributed by atoms with Gasteiger partial charge in [-0.1, -0.05) is 30.3 Å². The lowest BCUT2D eigenvalue weighted by Gasteiger charge is -2.21. The van der Waals surface area contributed by atoms with Crippen LogP contribution in [0, 0.1) is 0 Å². The third-order valence-electron chi connectivity index (χ3n) is 3.73. The monoisotopic (exact) mass is 297 g/mol. The zero-order valence-electron chi connectivity index (χ0n) is 12.1. The van der Waals surface area contributed by atoms with E-state index in [-0.39, 0.29) is 0 Å². The number of nitrogen functional groups attached to an aromatic ring is 1. The quantitative estimate of drug-likeness (QED) is 0.725. The summed E-state index contributed by atoms with van der Waals surface area (Å²) < 4.78 is 1.15. The summed E-state index contributed by atoms with van der Waals surface area (Å²) in [6.45, 7) is 0.981. The lowest BCUT2D eigenvalue weighted by atomic mass is 10.1. The second kappa shape index (κ2) is 6.14. The van der Waals surface area contributed by atoms with Crippen molar-refractivity contribution in [2.75, 3.05) is 24.2 Å². The molecule has 0 saturated heterocycles. The van der Waals surface area contributed by atoms with E-state index in [1.807, 2.05) is 5.51 Å². The maximum atomic E-state index is 6.25. The van der Waals surface area contributed by atoms with E-state index in [4.69, 9.17) is 5.73 Å². The molecular formula is C17H19N3S. The zero-order valence-corrected chi connectivity index (χ0v) is 12.9. The van der Waals surface area contributed by atoms with Gasteiger partial charge in [-0.2, -0.15) is 0 Å². The molecule has 0 fully saturated rings. The van der Waals surface area contributed by atoms with Gasteiger partial charge >= 0.3 is 0 Å². The third kappa shape index (κ3) is 3.00. The van der Waals surface area contributed by atoms with Gasteiger partial charge in [0.05, 0.1) is 21.6 Å². The van der Waals surface area contributed by atoms with Crippen LogP contribution < -0.4 is 10.6 Å². The molecular weight excluding hydrogens is 278 g/mol. The molecule has 1 aromatic heterocycles. The Hall–Kier alpha value is -2.07. The van der Waals surface area contributed by atoms with Crippen LogP contribution in [0.3, 0.4) is 0 Å². The summed E-state index contributed by atoms with van der Waals surface area (Å²) in [5.74, 6) is 0. The number of anilines is 2. The van der Waals surface area contributed by atoms with E-state index >= 15 is 0 Å². The van der Waals surface area contributed by atoms with E-state index in [9.17, 15) is 0 Å². The van der Waals surface area contributed by atoms with E-state index in [1.165, 1.54) is 5.56 Å². The molecule has 2 N–H and O–H groups in total. The Morgan fingerprint density at radius 1 is 1.14 bits per heavy atom. The van der Waals surface area contributed by atoms with Gasteiger partial charge in [-0.3, -0.25) is 0 Å². The summed E-state index contributed by atoms with van der Waals surface area (Å²) in [6.07, 6.45) is 2.19. The molecule has 0 radical (unpaired) electrons. The zero-order chi connectivity index (χ0) is 14.7. The summed E-state index contributed by atoms with van der Waals surface area (Å²) in [5, 5.41) is 0. The first kappa shape index (κ1) is 13.9. The summed E-state index contributed by atoms with van der Waals surface area (Å²) in [6, 6.07) is 14.8. The first-order chi connectivity index (χ1) is 10.3. The molecule has 0 atom stereocenters. The normalized spacial score (nSPS) is 10.9. The highest BCUT2D eigenvalue weighted by atomic mass is 32.1. The van der Waals surface area contributed by atoms with Crippen LogP contribution in [0.4, 0.5) is 11.4 Å². The number of hydrogen-bond acceptors (Lipinski definition) is 4. The van der Waals surface area contributed by atoms with Crippen molar-refractivity contribution in [3.63, 3.8) is 0 Å². The van der Waals surface area contributed by atoms with Crippen molar-refractivity contribution in [3.8, 4) is 0 Å². The summed E-state index contributed by atoms with van der Waals surface area (Å²) in [7, 11) is 2.09. The lowest BCUT2D eigenvalue weighted by Crippen LogP contribution is -2.20. The second-order valence-electron chi connectivity index (χ2n) is 5.21. The van der Waals surface area contributed by atoms with Gasteiger partial charge in [0, 0.05) is 13.6 Å². The first-order valence-corrected chi connectivity index (χ1v) is 8.00. The molecule has 0 spiro atoms. The maximum Gasteiger partial charge on any atom is 0.106 e. The molecule has 4 heteroatoms. The molecule has 2 aromatic carbocycles. The van der Waals surface area contributed by atoms with Crippen LogP contribution >= 0.6 is 11.3 Å². The molecule has 21 heavy (non-hydrogen) atoms. The van der Waals surface area contributed by atoms with Crippen molar-refractivity contribution in [1.29, 1.82) is 0 Å². The van der Waals surface area contributed by atoms with Crippen molar-refractivity contribution in [2.24, 2.45) is 0 Å². The van der Waals surface area contributed by atoms with Crippen molar-refractivity contribution >= 4 is 32.9 Å². The highest BCUT2D eigenvalue weighted by Gasteiger charge is 2.10. The van der Waals surface area contributed by atoms with Crippen LogP contribution in [0.15, 0.2) is 48.0 Å². The van der Waals surface area contributed by atoms with E-state index < -0.39 is 0 Å². The smallest absolute Gasteiger partial charge is 0.106 e. The standard InChI is InChI=1S/C17H19N3S/c1-20(11-5-8-13-6-3-2-4-7-13)14-9-10-15-17(16(14)18)19-12-21-15/h2-4,6-7,9-10,12H,5,8,11,18H2,1H3. The number of aryl methyl sites for hydroxylation is 1. The Morgan fingerprint density at radius 3 is 2.76 bits per heavy atom. The highest BCUT2D eigenvalue weighted by molar-refractivity contribution is 7.16. The van der Waals surface area contributed by atoms with E-state index in [1.54, 1.807) is 11.3 Å². The number of fused-ring (bicyclic) bond motifs is 1. The number of nitrogens with zero attached hydrogens (tertiary/aromatic N) is 2. The number of thiazole rings is 1. The molecule has 0 aliphatic rings. The van der Waals surface area contributed by atoms with Gasteiger partial charge in [0.15, 0.2) is 0 Å². The summed E-state index contributed by atoms with van der Waals surface area (Å²) in [4.78, 5) is 6.58. The molecule has 3 aromatic rings. The molecule has 0 bridgehead atoms. The van der Waals surface area contributed by atoms with Gasteiger partial charge in [-0.25, -0.2) is 4.98 Å². The Kier molecular flexibility index (Phi) is 4.06. The number of benzene rings is 2. The minimum absolute atomic E-state index is 0.788. The minimum Gasteiger partial charge on any atom is -0.395 e. The highest BCUT2D eigenvalue weighted by Crippen LogP contribution is 2.31. The molecule has 3 nitrogen and oxygen atoms in total. The average Bonchev–Trinajstić information content (AvgIpc) is 2.98. The molecule has 0 aliphatic heterocycles. The lowest BCUT2D eigenvalue weighted by molar-refractivity contribution is 0.787. The fourth-order valence-electron chi connectivity index (χ4n) is 2.56. The van der Waals surface area contributed by atoms with Crippen LogP contribution in [0.1, 0.15) is 12.0 Å². The number of hydrogen-bond donors (Lipinski definition) is 1. The van der Waals surface area contributed by atoms with Crippen LogP contribution in [0.5, 0.6) is 0 Å². The molecule has 0 amide bonds. The Labute approximate surface area is 129 Å². The van der Waals surface area contributed by atoms with E-state index in [0.717, 1.165) is 41.0 Å². The molecule has 108 valence electrons. The van der Waals surface area contributed by atoms with Gasteiger partial charge in [0.25, 0.3) is 0 Å². The Balaban J connectivity index is 1.66. The molecule has 0 aliphatic carbocycles. The Morgan fingerprint density at radius 2 is 1.95 bits per heavy atom. The predicted molar refractivity (Wildman–Crippen MR) is 92.1 cm³/mol. The fraction of sp³-hybridized carbons (Fsp3) is 0.235. The maximum absolute atomic E-state index is 6.25. The van der Waals surface area contributed by atoms with Gasteiger partial charge < -0.3 is 10.6 Å². The summed E-state index contributed by atoms with van der Waals surface area (Å²) in [5.41, 5.74) is 12.3. The van der Waals surface area contributed by atoms with Crippen molar-refractivity contribution < 1.29 is 0 Å². The largest absolute Gasteiger partial charge is 0.395 e. The SMILES string of the molecule is CN(CCCc1ccccc1)c1ccc2scnc2c1N.